The van der Waals surface area contributed by atoms with Gasteiger partial charge in [0.2, 0.25) is 5.95 Å². The van der Waals surface area contributed by atoms with Crippen molar-refractivity contribution in [3.8, 4) is 5.75 Å². The zero-order chi connectivity index (χ0) is 17.8. The van der Waals surface area contributed by atoms with Crippen molar-refractivity contribution in [2.45, 2.75) is 26.7 Å². The van der Waals surface area contributed by atoms with Crippen molar-refractivity contribution >= 4 is 17.5 Å². The quantitative estimate of drug-likeness (QED) is 0.924. The number of nitrogens with zero attached hydrogens (tertiary/aromatic N) is 3. The molecule has 0 radical (unpaired) electrons. The van der Waals surface area contributed by atoms with Crippen LogP contribution in [-0.2, 0) is 0 Å². The maximum Gasteiger partial charge on any atom is 0.272 e. The number of carbonyl (C=O) groups is 1. The molecule has 1 aliphatic rings. The number of ether oxygens (including phenoxy) is 1. The molecule has 3 rings (SSSR count). The monoisotopic (exact) mass is 340 g/mol. The van der Waals surface area contributed by atoms with Crippen LogP contribution in [0.2, 0.25) is 0 Å². The summed E-state index contributed by atoms with van der Waals surface area (Å²) < 4.78 is 5.15. The lowest BCUT2D eigenvalue weighted by atomic mass is 9.99. The maximum atomic E-state index is 12.7. The van der Waals surface area contributed by atoms with Gasteiger partial charge in [-0.3, -0.25) is 4.79 Å². The van der Waals surface area contributed by atoms with Gasteiger partial charge in [0.15, 0.2) is 0 Å². The SMILES string of the molecule is COc1ccc(Nc2nc(C)cc(C(=O)N3CCC(C)CC3)n2)cc1. The van der Waals surface area contributed by atoms with E-state index in [1.807, 2.05) is 36.1 Å². The number of rotatable bonds is 4. The van der Waals surface area contributed by atoms with Crippen LogP contribution in [-0.4, -0.2) is 41.0 Å². The molecule has 1 amide bonds. The molecule has 1 saturated heterocycles. The Bertz CT molecular complexity index is 738. The smallest absolute Gasteiger partial charge is 0.272 e. The molecule has 0 bridgehead atoms. The Morgan fingerprint density at radius 3 is 2.52 bits per heavy atom. The largest absolute Gasteiger partial charge is 0.497 e. The first-order chi connectivity index (χ1) is 12.0. The van der Waals surface area contributed by atoms with Crippen molar-refractivity contribution < 1.29 is 9.53 Å². The topological polar surface area (TPSA) is 67.3 Å². The second-order valence-electron chi connectivity index (χ2n) is 6.55. The van der Waals surface area contributed by atoms with E-state index in [0.29, 0.717) is 17.6 Å². The number of piperidine rings is 1. The third kappa shape index (κ3) is 4.26. The standard InChI is InChI=1S/C19H24N4O2/c1-13-8-10-23(11-9-13)18(24)17-12-14(2)20-19(22-17)21-15-4-6-16(25-3)7-5-15/h4-7,12-13H,8-11H2,1-3H3,(H,20,21,22). The van der Waals surface area contributed by atoms with E-state index in [9.17, 15) is 4.79 Å². The van der Waals surface area contributed by atoms with Gasteiger partial charge < -0.3 is 15.0 Å². The molecule has 2 heterocycles. The van der Waals surface area contributed by atoms with E-state index >= 15 is 0 Å². The Balaban J connectivity index is 1.76. The van der Waals surface area contributed by atoms with Gasteiger partial charge in [-0.1, -0.05) is 6.92 Å². The lowest BCUT2D eigenvalue weighted by Crippen LogP contribution is -2.38. The summed E-state index contributed by atoms with van der Waals surface area (Å²) >= 11 is 0. The number of anilines is 2. The Kier molecular flexibility index (Phi) is 5.16. The van der Waals surface area contributed by atoms with Gasteiger partial charge in [0, 0.05) is 24.5 Å². The van der Waals surface area contributed by atoms with Gasteiger partial charge in [-0.25, -0.2) is 9.97 Å². The first-order valence-corrected chi connectivity index (χ1v) is 8.61. The van der Waals surface area contributed by atoms with Gasteiger partial charge in [-0.15, -0.1) is 0 Å². The molecule has 6 heteroatoms. The van der Waals surface area contributed by atoms with E-state index in [0.717, 1.165) is 43.1 Å². The summed E-state index contributed by atoms with van der Waals surface area (Å²) in [6.45, 7) is 5.69. The number of aromatic nitrogens is 2. The van der Waals surface area contributed by atoms with Crippen LogP contribution < -0.4 is 10.1 Å². The second-order valence-corrected chi connectivity index (χ2v) is 6.55. The van der Waals surface area contributed by atoms with Crippen LogP contribution in [0, 0.1) is 12.8 Å². The fourth-order valence-electron chi connectivity index (χ4n) is 2.91. The Morgan fingerprint density at radius 2 is 1.88 bits per heavy atom. The average Bonchev–Trinajstić information content (AvgIpc) is 2.62. The zero-order valence-electron chi connectivity index (χ0n) is 15.0. The summed E-state index contributed by atoms with van der Waals surface area (Å²) in [6, 6.07) is 9.24. The zero-order valence-corrected chi connectivity index (χ0v) is 15.0. The van der Waals surface area contributed by atoms with Crippen LogP contribution in [0.5, 0.6) is 5.75 Å². The number of nitrogens with one attached hydrogen (secondary N) is 1. The number of benzene rings is 1. The van der Waals surface area contributed by atoms with Crippen molar-refractivity contribution in [2.24, 2.45) is 5.92 Å². The van der Waals surface area contributed by atoms with Crippen molar-refractivity contribution in [3.63, 3.8) is 0 Å². The van der Waals surface area contributed by atoms with Crippen molar-refractivity contribution in [1.82, 2.24) is 14.9 Å². The molecule has 0 spiro atoms. The highest BCUT2D eigenvalue weighted by Crippen LogP contribution is 2.20. The number of hydrogen-bond donors (Lipinski definition) is 1. The third-order valence-corrected chi connectivity index (χ3v) is 4.49. The van der Waals surface area contributed by atoms with E-state index in [1.165, 1.54) is 0 Å². The fourth-order valence-corrected chi connectivity index (χ4v) is 2.91. The number of methoxy groups -OCH3 is 1. The van der Waals surface area contributed by atoms with E-state index in [4.69, 9.17) is 4.74 Å². The van der Waals surface area contributed by atoms with Crippen molar-refractivity contribution in [2.75, 3.05) is 25.5 Å². The van der Waals surface area contributed by atoms with Gasteiger partial charge in [0.25, 0.3) is 5.91 Å². The molecule has 0 aliphatic carbocycles. The van der Waals surface area contributed by atoms with E-state index in [1.54, 1.807) is 13.2 Å². The van der Waals surface area contributed by atoms with Crippen LogP contribution >= 0.6 is 0 Å². The minimum Gasteiger partial charge on any atom is -0.497 e. The molecule has 1 aromatic heterocycles. The minimum absolute atomic E-state index is 0.0184. The minimum atomic E-state index is -0.0184. The van der Waals surface area contributed by atoms with Gasteiger partial charge in [-0.05, 0) is 56.0 Å². The summed E-state index contributed by atoms with van der Waals surface area (Å²) in [6.07, 6.45) is 2.10. The lowest BCUT2D eigenvalue weighted by molar-refractivity contribution is 0.0691. The van der Waals surface area contributed by atoms with Gasteiger partial charge in [0.05, 0.1) is 7.11 Å². The predicted molar refractivity (Wildman–Crippen MR) is 97.3 cm³/mol. The van der Waals surface area contributed by atoms with Crippen LogP contribution in [0.15, 0.2) is 30.3 Å². The maximum absolute atomic E-state index is 12.7. The highest BCUT2D eigenvalue weighted by atomic mass is 16.5. The molecule has 1 aliphatic heterocycles. The van der Waals surface area contributed by atoms with Gasteiger partial charge >= 0.3 is 0 Å². The molecule has 0 unspecified atom stereocenters. The summed E-state index contributed by atoms with van der Waals surface area (Å²) in [7, 11) is 1.63. The van der Waals surface area contributed by atoms with Crippen molar-refractivity contribution in [1.29, 1.82) is 0 Å². The Labute approximate surface area is 148 Å². The first kappa shape index (κ1) is 17.2. The molecule has 1 aromatic carbocycles. The summed E-state index contributed by atoms with van der Waals surface area (Å²) in [5.74, 6) is 1.88. The molecule has 6 nitrogen and oxygen atoms in total. The van der Waals surface area contributed by atoms with Gasteiger partial charge in [-0.2, -0.15) is 0 Å². The summed E-state index contributed by atoms with van der Waals surface area (Å²) in [5, 5.41) is 3.15. The predicted octanol–water partition coefficient (Wildman–Crippen LogP) is 3.41. The van der Waals surface area contributed by atoms with Crippen LogP contribution in [0.1, 0.15) is 35.9 Å². The molecular weight excluding hydrogens is 316 g/mol. The number of carbonyl (C=O) groups excluding carboxylic acids is 1. The van der Waals surface area contributed by atoms with E-state index < -0.39 is 0 Å². The highest BCUT2D eigenvalue weighted by molar-refractivity contribution is 5.92. The van der Waals surface area contributed by atoms with Crippen LogP contribution in [0.25, 0.3) is 0 Å². The van der Waals surface area contributed by atoms with E-state index in [2.05, 4.69) is 22.2 Å². The Hall–Kier alpha value is -2.63. The molecule has 25 heavy (non-hydrogen) atoms. The van der Waals surface area contributed by atoms with Crippen LogP contribution in [0.3, 0.4) is 0 Å². The second kappa shape index (κ2) is 7.51. The Morgan fingerprint density at radius 1 is 1.20 bits per heavy atom. The number of hydrogen-bond acceptors (Lipinski definition) is 5. The lowest BCUT2D eigenvalue weighted by Gasteiger charge is -2.30. The average molecular weight is 340 g/mol. The number of likely N-dealkylation sites (tertiary alicyclic amines) is 1. The molecule has 1 N–H and O–H groups in total. The third-order valence-electron chi connectivity index (χ3n) is 4.49. The molecule has 1 fully saturated rings. The molecule has 132 valence electrons. The number of aryl methyl sites for hydroxylation is 1. The van der Waals surface area contributed by atoms with Gasteiger partial charge in [0.1, 0.15) is 11.4 Å². The number of amides is 1. The highest BCUT2D eigenvalue weighted by Gasteiger charge is 2.23. The molecule has 0 saturated carbocycles. The van der Waals surface area contributed by atoms with Crippen LogP contribution in [0.4, 0.5) is 11.6 Å². The molecule has 0 atom stereocenters. The summed E-state index contributed by atoms with van der Waals surface area (Å²) in [4.78, 5) is 23.4. The van der Waals surface area contributed by atoms with Crippen molar-refractivity contribution in [3.05, 3.63) is 41.7 Å². The van der Waals surface area contributed by atoms with E-state index in [-0.39, 0.29) is 5.91 Å². The summed E-state index contributed by atoms with van der Waals surface area (Å²) in [5.41, 5.74) is 2.05. The first-order valence-electron chi connectivity index (χ1n) is 8.61. The fraction of sp³-hybridized carbons (Fsp3) is 0.421. The molecule has 2 aromatic rings. The molecular formula is C19H24N4O2. The normalized spacial score (nSPS) is 15.1.